The predicted octanol–water partition coefficient (Wildman–Crippen LogP) is 3.43. The first kappa shape index (κ1) is 20.3. The molecule has 2 aromatic carbocycles. The minimum atomic E-state index is -0.535. The lowest BCUT2D eigenvalue weighted by Crippen LogP contribution is -2.45. The first-order chi connectivity index (χ1) is 13.9. The van der Waals surface area contributed by atoms with Crippen LogP contribution in [0.25, 0.3) is 0 Å². The minimum absolute atomic E-state index is 0.0219. The molecule has 0 saturated carbocycles. The second-order valence-electron chi connectivity index (χ2n) is 6.33. The molecule has 9 heteroatoms. The first-order valence-electron chi connectivity index (χ1n) is 8.96. The summed E-state index contributed by atoms with van der Waals surface area (Å²) in [6, 6.07) is 12.6. The second kappa shape index (κ2) is 8.70. The number of allylic oxidation sites excluding steroid dienone is 1. The van der Waals surface area contributed by atoms with E-state index in [1.165, 1.54) is 12.1 Å². The third-order valence-electron chi connectivity index (χ3n) is 4.37. The van der Waals surface area contributed by atoms with Crippen LogP contribution in [0.4, 0.5) is 11.4 Å². The molecule has 2 aromatic rings. The molecule has 1 amide bonds. The van der Waals surface area contributed by atoms with Gasteiger partial charge in [0.2, 0.25) is 0 Å². The molecule has 1 aliphatic rings. The van der Waals surface area contributed by atoms with Crippen LogP contribution >= 0.6 is 12.2 Å². The summed E-state index contributed by atoms with van der Waals surface area (Å²) in [7, 11) is 0. The SMILES string of the molecule is CCOc1ccc(NC(=O)C2=C(C)NC(=S)N[C@H]2c2ccc([N+](=O)[O-])cc2)cc1. The molecule has 3 N–H and O–H groups in total. The van der Waals surface area contributed by atoms with Gasteiger partial charge in [-0.15, -0.1) is 0 Å². The summed E-state index contributed by atoms with van der Waals surface area (Å²) in [5, 5.41) is 20.2. The molecule has 150 valence electrons. The van der Waals surface area contributed by atoms with Gasteiger partial charge in [-0.25, -0.2) is 0 Å². The fourth-order valence-electron chi connectivity index (χ4n) is 3.03. The number of nitrogens with zero attached hydrogens (tertiary/aromatic N) is 1. The van der Waals surface area contributed by atoms with Crippen molar-refractivity contribution in [2.24, 2.45) is 0 Å². The molecule has 3 rings (SSSR count). The lowest BCUT2D eigenvalue weighted by molar-refractivity contribution is -0.384. The summed E-state index contributed by atoms with van der Waals surface area (Å²) >= 11 is 5.23. The van der Waals surface area contributed by atoms with Crippen LogP contribution in [-0.4, -0.2) is 22.5 Å². The topological polar surface area (TPSA) is 106 Å². The van der Waals surface area contributed by atoms with Gasteiger partial charge in [-0.05, 0) is 68.0 Å². The monoisotopic (exact) mass is 412 g/mol. The Morgan fingerprint density at radius 1 is 1.21 bits per heavy atom. The third kappa shape index (κ3) is 4.69. The van der Waals surface area contributed by atoms with Gasteiger partial charge in [-0.3, -0.25) is 14.9 Å². The Labute approximate surface area is 173 Å². The van der Waals surface area contributed by atoms with E-state index in [0.29, 0.717) is 34.2 Å². The molecule has 29 heavy (non-hydrogen) atoms. The van der Waals surface area contributed by atoms with Crippen molar-refractivity contribution in [2.75, 3.05) is 11.9 Å². The number of non-ortho nitro benzene ring substituents is 1. The van der Waals surface area contributed by atoms with Gasteiger partial charge in [-0.1, -0.05) is 0 Å². The van der Waals surface area contributed by atoms with Crippen LogP contribution in [0.1, 0.15) is 25.5 Å². The zero-order chi connectivity index (χ0) is 21.0. The zero-order valence-corrected chi connectivity index (χ0v) is 16.7. The van der Waals surface area contributed by atoms with Crippen molar-refractivity contribution in [1.29, 1.82) is 0 Å². The highest BCUT2D eigenvalue weighted by atomic mass is 32.1. The number of rotatable bonds is 6. The average molecular weight is 412 g/mol. The number of anilines is 1. The predicted molar refractivity (Wildman–Crippen MR) is 114 cm³/mol. The highest BCUT2D eigenvalue weighted by Gasteiger charge is 2.30. The number of nitro groups is 1. The van der Waals surface area contributed by atoms with E-state index in [9.17, 15) is 14.9 Å². The van der Waals surface area contributed by atoms with Crippen LogP contribution in [0.15, 0.2) is 59.8 Å². The van der Waals surface area contributed by atoms with E-state index in [1.807, 2.05) is 6.92 Å². The first-order valence-corrected chi connectivity index (χ1v) is 9.36. The molecule has 0 aromatic heterocycles. The molecule has 0 bridgehead atoms. The molecule has 1 atom stereocenters. The third-order valence-corrected chi connectivity index (χ3v) is 4.59. The molecule has 0 spiro atoms. The molecule has 8 nitrogen and oxygen atoms in total. The highest BCUT2D eigenvalue weighted by Crippen LogP contribution is 2.29. The van der Waals surface area contributed by atoms with Crippen molar-refractivity contribution in [3.63, 3.8) is 0 Å². The van der Waals surface area contributed by atoms with Gasteiger partial charge in [0.05, 0.1) is 23.1 Å². The number of hydrogen-bond acceptors (Lipinski definition) is 5. The Morgan fingerprint density at radius 2 is 1.86 bits per heavy atom. The highest BCUT2D eigenvalue weighted by molar-refractivity contribution is 7.80. The van der Waals surface area contributed by atoms with Gasteiger partial charge >= 0.3 is 0 Å². The Morgan fingerprint density at radius 3 is 2.45 bits per heavy atom. The molecule has 0 aliphatic carbocycles. The fourth-order valence-corrected chi connectivity index (χ4v) is 3.30. The molecular weight excluding hydrogens is 392 g/mol. The van der Waals surface area contributed by atoms with Crippen molar-refractivity contribution < 1.29 is 14.5 Å². The van der Waals surface area contributed by atoms with Gasteiger partial charge in [-0.2, -0.15) is 0 Å². The maximum absolute atomic E-state index is 13.0. The summed E-state index contributed by atoms with van der Waals surface area (Å²) in [5.41, 5.74) is 2.35. The van der Waals surface area contributed by atoms with Crippen molar-refractivity contribution in [1.82, 2.24) is 10.6 Å². The van der Waals surface area contributed by atoms with Gasteiger partial charge in [0.25, 0.3) is 11.6 Å². The lowest BCUT2D eigenvalue weighted by Gasteiger charge is -2.30. The Hall–Kier alpha value is -3.46. The summed E-state index contributed by atoms with van der Waals surface area (Å²) in [5.74, 6) is 0.411. The summed E-state index contributed by atoms with van der Waals surface area (Å²) in [4.78, 5) is 23.5. The number of nitrogens with one attached hydrogen (secondary N) is 3. The van der Waals surface area contributed by atoms with Crippen LogP contribution in [0, 0.1) is 10.1 Å². The molecule has 1 heterocycles. The average Bonchev–Trinajstić information content (AvgIpc) is 2.69. The number of amides is 1. The normalized spacial score (nSPS) is 15.9. The minimum Gasteiger partial charge on any atom is -0.494 e. The number of benzene rings is 2. The van der Waals surface area contributed by atoms with E-state index < -0.39 is 11.0 Å². The quantitative estimate of drug-likeness (QED) is 0.379. The van der Waals surface area contributed by atoms with Gasteiger partial charge < -0.3 is 20.7 Å². The van der Waals surface area contributed by atoms with Crippen LogP contribution in [0.2, 0.25) is 0 Å². The largest absolute Gasteiger partial charge is 0.494 e. The summed E-state index contributed by atoms with van der Waals surface area (Å²) in [6.45, 7) is 4.22. The van der Waals surface area contributed by atoms with E-state index >= 15 is 0 Å². The molecule has 0 fully saturated rings. The number of hydrogen-bond donors (Lipinski definition) is 3. The van der Waals surface area contributed by atoms with E-state index in [-0.39, 0.29) is 11.6 Å². The van der Waals surface area contributed by atoms with Gasteiger partial charge in [0, 0.05) is 23.5 Å². The smallest absolute Gasteiger partial charge is 0.269 e. The van der Waals surface area contributed by atoms with E-state index in [4.69, 9.17) is 17.0 Å². The standard InChI is InChI=1S/C20H20N4O4S/c1-3-28-16-10-6-14(7-11-16)22-19(25)17-12(2)21-20(29)23-18(17)13-4-8-15(9-5-13)24(26)27/h4-11,18H,3H2,1-2H3,(H,22,25)(H2,21,23,29)/t18-/m0/s1. The van der Waals surface area contributed by atoms with Crippen LogP contribution in [-0.2, 0) is 4.79 Å². The zero-order valence-electron chi connectivity index (χ0n) is 15.9. The van der Waals surface area contributed by atoms with Crippen LogP contribution < -0.4 is 20.7 Å². The molecule has 0 saturated heterocycles. The lowest BCUT2D eigenvalue weighted by atomic mass is 9.94. The second-order valence-corrected chi connectivity index (χ2v) is 6.74. The van der Waals surface area contributed by atoms with Crippen molar-refractivity contribution in [3.05, 3.63) is 75.5 Å². The van der Waals surface area contributed by atoms with Crippen LogP contribution in [0.5, 0.6) is 5.75 Å². The van der Waals surface area contributed by atoms with Crippen molar-refractivity contribution >= 4 is 34.6 Å². The maximum Gasteiger partial charge on any atom is 0.269 e. The number of ether oxygens (including phenoxy) is 1. The Bertz CT molecular complexity index is 971. The van der Waals surface area contributed by atoms with E-state index in [0.717, 1.165) is 5.75 Å². The number of thiocarbonyl (C=S) groups is 1. The fraction of sp³-hybridized carbons (Fsp3) is 0.200. The summed E-state index contributed by atoms with van der Waals surface area (Å²) < 4.78 is 5.41. The van der Waals surface area contributed by atoms with E-state index in [1.54, 1.807) is 43.3 Å². The Kier molecular flexibility index (Phi) is 6.08. The van der Waals surface area contributed by atoms with Gasteiger partial charge in [0.1, 0.15) is 5.75 Å². The molecule has 1 aliphatic heterocycles. The molecule has 0 radical (unpaired) electrons. The van der Waals surface area contributed by atoms with Crippen molar-refractivity contribution in [2.45, 2.75) is 19.9 Å². The number of carbonyl (C=O) groups is 1. The summed E-state index contributed by atoms with van der Waals surface area (Å²) in [6.07, 6.45) is 0. The number of nitro benzene ring substituents is 1. The molecular formula is C20H20N4O4S. The van der Waals surface area contributed by atoms with Gasteiger partial charge in [0.15, 0.2) is 5.11 Å². The molecule has 0 unspecified atom stereocenters. The number of carbonyl (C=O) groups excluding carboxylic acids is 1. The maximum atomic E-state index is 13.0. The van der Waals surface area contributed by atoms with Crippen molar-refractivity contribution in [3.8, 4) is 5.75 Å². The van der Waals surface area contributed by atoms with E-state index in [2.05, 4.69) is 16.0 Å². The van der Waals surface area contributed by atoms with Crippen LogP contribution in [0.3, 0.4) is 0 Å². The Balaban J connectivity index is 1.86.